The Labute approximate surface area is 182 Å². The number of imide groups is 1. The van der Waals surface area contributed by atoms with Crippen molar-refractivity contribution in [3.63, 3.8) is 0 Å². The number of anilines is 1. The van der Waals surface area contributed by atoms with E-state index in [4.69, 9.17) is 4.99 Å². The van der Waals surface area contributed by atoms with Crippen molar-refractivity contribution < 1.29 is 9.59 Å². The Bertz CT molecular complexity index is 1110. The molecule has 3 aliphatic rings. The Kier molecular flexibility index (Phi) is 4.50. The van der Waals surface area contributed by atoms with E-state index in [1.54, 1.807) is 11.9 Å². The van der Waals surface area contributed by atoms with Crippen molar-refractivity contribution in [1.82, 2.24) is 14.7 Å². The topological polar surface area (TPSA) is 59.5 Å². The quantitative estimate of drug-likeness (QED) is 0.771. The number of fused-ring (bicyclic) bond motifs is 3. The number of aliphatic imine (C=N–C) groups is 1. The Hall–Kier alpha value is -3.35. The van der Waals surface area contributed by atoms with Gasteiger partial charge in [-0.25, -0.2) is 9.79 Å². The number of nitrogens with zero attached hydrogens (tertiary/aromatic N) is 5. The number of hydrogen-bond donors (Lipinski definition) is 0. The highest BCUT2D eigenvalue weighted by atomic mass is 16.2. The van der Waals surface area contributed by atoms with Gasteiger partial charge < -0.3 is 14.7 Å². The number of hydrogen-bond acceptors (Lipinski definition) is 5. The minimum absolute atomic E-state index is 0.168. The molecule has 2 aromatic carbocycles. The zero-order chi connectivity index (χ0) is 21.9. The van der Waals surface area contributed by atoms with E-state index in [1.165, 1.54) is 10.5 Å². The molecule has 3 heterocycles. The first-order valence-corrected chi connectivity index (χ1v) is 10.7. The zero-order valence-corrected chi connectivity index (χ0v) is 18.4. The van der Waals surface area contributed by atoms with Crippen LogP contribution in [0.15, 0.2) is 47.5 Å². The van der Waals surface area contributed by atoms with Gasteiger partial charge in [0.1, 0.15) is 0 Å². The highest BCUT2D eigenvalue weighted by molar-refractivity contribution is 6.08. The third kappa shape index (κ3) is 3.07. The standard InChI is InChI=1S/C24H27N5O2/c1-15-6-5-7-19(13-15)27-10-11-28-20-21(25-23(27)28)26(4)24(31)29(22(20)30)14-18-12-16(2)8-9-17(18)3/h5-9,12-13,20-21H,10-11,14H2,1-4H3. The molecule has 0 bridgehead atoms. The number of likely N-dealkylation sites (N-methyl/N-ethyl adjacent to an activating group) is 1. The number of carbonyl (C=O) groups is 2. The van der Waals surface area contributed by atoms with Crippen LogP contribution in [0.2, 0.25) is 0 Å². The Morgan fingerprint density at radius 2 is 1.77 bits per heavy atom. The molecule has 0 saturated carbocycles. The summed E-state index contributed by atoms with van der Waals surface area (Å²) in [4.78, 5) is 38.7. The smallest absolute Gasteiger partial charge is 0.325 e. The number of rotatable bonds is 3. The summed E-state index contributed by atoms with van der Waals surface area (Å²) in [6.07, 6.45) is -0.488. The van der Waals surface area contributed by atoms with Gasteiger partial charge in [0, 0.05) is 25.8 Å². The summed E-state index contributed by atoms with van der Waals surface area (Å²) >= 11 is 0. The van der Waals surface area contributed by atoms with E-state index >= 15 is 0 Å². The van der Waals surface area contributed by atoms with E-state index in [2.05, 4.69) is 34.9 Å². The maximum atomic E-state index is 13.5. The van der Waals surface area contributed by atoms with Gasteiger partial charge in [0.25, 0.3) is 5.91 Å². The van der Waals surface area contributed by atoms with Crippen molar-refractivity contribution in [2.45, 2.75) is 39.5 Å². The second kappa shape index (κ2) is 7.11. The number of carbonyl (C=O) groups excluding carboxylic acids is 2. The molecule has 0 radical (unpaired) electrons. The van der Waals surface area contributed by atoms with Crippen molar-refractivity contribution in [2.24, 2.45) is 4.99 Å². The molecule has 0 N–H and O–H groups in total. The van der Waals surface area contributed by atoms with Gasteiger partial charge in [-0.05, 0) is 49.6 Å². The molecule has 3 amide bonds. The molecule has 0 aliphatic carbocycles. The molecule has 160 valence electrons. The maximum Gasteiger partial charge on any atom is 0.328 e. The first-order chi connectivity index (χ1) is 14.8. The van der Waals surface area contributed by atoms with Gasteiger partial charge in [-0.3, -0.25) is 9.69 Å². The minimum Gasteiger partial charge on any atom is -0.325 e. The number of benzene rings is 2. The van der Waals surface area contributed by atoms with Gasteiger partial charge in [0.15, 0.2) is 12.2 Å². The van der Waals surface area contributed by atoms with Crippen LogP contribution in [0, 0.1) is 20.8 Å². The first kappa shape index (κ1) is 19.6. The van der Waals surface area contributed by atoms with Gasteiger partial charge in [0.05, 0.1) is 6.54 Å². The van der Waals surface area contributed by atoms with Crippen molar-refractivity contribution in [3.05, 3.63) is 64.7 Å². The molecular weight excluding hydrogens is 390 g/mol. The fourth-order valence-electron chi connectivity index (χ4n) is 4.76. The summed E-state index contributed by atoms with van der Waals surface area (Å²) < 4.78 is 0. The third-order valence-electron chi connectivity index (χ3n) is 6.52. The fourth-order valence-corrected chi connectivity index (χ4v) is 4.76. The largest absolute Gasteiger partial charge is 0.328 e. The molecule has 7 nitrogen and oxygen atoms in total. The average molecular weight is 418 g/mol. The number of aryl methyl sites for hydroxylation is 3. The summed E-state index contributed by atoms with van der Waals surface area (Å²) in [5, 5.41) is 0. The molecule has 3 aliphatic heterocycles. The lowest BCUT2D eigenvalue weighted by molar-refractivity contribution is -0.137. The molecule has 31 heavy (non-hydrogen) atoms. The molecule has 5 rings (SSSR count). The normalized spacial score (nSPS) is 22.8. The molecule has 2 aromatic rings. The Morgan fingerprint density at radius 1 is 1.00 bits per heavy atom. The van der Waals surface area contributed by atoms with E-state index in [1.807, 2.05) is 38.1 Å². The number of urea groups is 1. The number of amides is 3. The average Bonchev–Trinajstić information content (AvgIpc) is 3.31. The lowest BCUT2D eigenvalue weighted by Gasteiger charge is -2.40. The predicted octanol–water partition coefficient (Wildman–Crippen LogP) is 2.89. The zero-order valence-electron chi connectivity index (χ0n) is 18.4. The van der Waals surface area contributed by atoms with Crippen LogP contribution in [-0.4, -0.2) is 64.9 Å². The summed E-state index contributed by atoms with van der Waals surface area (Å²) in [7, 11) is 1.74. The second-order valence-corrected chi connectivity index (χ2v) is 8.72. The van der Waals surface area contributed by atoms with E-state index in [0.29, 0.717) is 6.54 Å². The fraction of sp³-hybridized carbons (Fsp3) is 0.375. The summed E-state index contributed by atoms with van der Waals surface area (Å²) in [5.41, 5.74) is 5.42. The Balaban J connectivity index is 1.45. The third-order valence-corrected chi connectivity index (χ3v) is 6.52. The van der Waals surface area contributed by atoms with Crippen molar-refractivity contribution in [2.75, 3.05) is 25.0 Å². The van der Waals surface area contributed by atoms with Crippen LogP contribution < -0.4 is 4.90 Å². The van der Waals surface area contributed by atoms with Gasteiger partial charge in [-0.15, -0.1) is 0 Å². The van der Waals surface area contributed by atoms with Crippen molar-refractivity contribution >= 4 is 23.6 Å². The predicted molar refractivity (Wildman–Crippen MR) is 120 cm³/mol. The van der Waals surface area contributed by atoms with E-state index in [0.717, 1.165) is 34.9 Å². The first-order valence-electron chi connectivity index (χ1n) is 10.7. The maximum absolute atomic E-state index is 13.5. The molecule has 2 saturated heterocycles. The van der Waals surface area contributed by atoms with Crippen LogP contribution in [0.25, 0.3) is 0 Å². The minimum atomic E-state index is -0.488. The summed E-state index contributed by atoms with van der Waals surface area (Å²) in [6, 6.07) is 13.6. The molecule has 7 heteroatoms. The van der Waals surface area contributed by atoms with Crippen molar-refractivity contribution in [1.29, 1.82) is 0 Å². The van der Waals surface area contributed by atoms with Crippen molar-refractivity contribution in [3.8, 4) is 0 Å². The molecule has 0 aromatic heterocycles. The number of guanidine groups is 1. The van der Waals surface area contributed by atoms with E-state index in [9.17, 15) is 9.59 Å². The van der Waals surface area contributed by atoms with Crippen LogP contribution >= 0.6 is 0 Å². The molecule has 0 spiro atoms. The molecular formula is C24H27N5O2. The van der Waals surface area contributed by atoms with Crippen LogP contribution in [0.3, 0.4) is 0 Å². The highest BCUT2D eigenvalue weighted by Gasteiger charge is 2.54. The van der Waals surface area contributed by atoms with E-state index in [-0.39, 0.29) is 18.5 Å². The Morgan fingerprint density at radius 3 is 2.55 bits per heavy atom. The van der Waals surface area contributed by atoms with Gasteiger partial charge in [-0.1, -0.05) is 35.9 Å². The highest BCUT2D eigenvalue weighted by Crippen LogP contribution is 2.34. The van der Waals surface area contributed by atoms with Gasteiger partial charge in [-0.2, -0.15) is 0 Å². The molecule has 2 fully saturated rings. The summed E-state index contributed by atoms with van der Waals surface area (Å²) in [6.45, 7) is 7.86. The van der Waals surface area contributed by atoms with Gasteiger partial charge in [0.2, 0.25) is 5.96 Å². The summed E-state index contributed by atoms with van der Waals surface area (Å²) in [5.74, 6) is 0.612. The lowest BCUT2D eigenvalue weighted by Crippen LogP contribution is -2.64. The monoisotopic (exact) mass is 417 g/mol. The van der Waals surface area contributed by atoms with Crippen LogP contribution in [0.4, 0.5) is 10.5 Å². The van der Waals surface area contributed by atoms with Crippen LogP contribution in [-0.2, 0) is 11.3 Å². The molecule has 2 atom stereocenters. The van der Waals surface area contributed by atoms with Gasteiger partial charge >= 0.3 is 6.03 Å². The SMILES string of the molecule is Cc1cccc(N2CCN3C2=NC2C3C(=O)N(Cc3cc(C)ccc3C)C(=O)N2C)c1. The lowest BCUT2D eigenvalue weighted by atomic mass is 10.0. The van der Waals surface area contributed by atoms with Crippen LogP contribution in [0.1, 0.15) is 22.3 Å². The van der Waals surface area contributed by atoms with E-state index < -0.39 is 12.2 Å². The molecule has 2 unspecified atom stereocenters. The van der Waals surface area contributed by atoms with Crippen LogP contribution in [0.5, 0.6) is 0 Å². The second-order valence-electron chi connectivity index (χ2n) is 8.72.